The first-order valence-electron chi connectivity index (χ1n) is 8.07. The van der Waals surface area contributed by atoms with Gasteiger partial charge in [-0.2, -0.15) is 0 Å². The first-order chi connectivity index (χ1) is 10.2. The maximum Gasteiger partial charge on any atom is 0.160 e. The SMILES string of the molecule is Cc1ccc2nc(CCl)n(C(C)C3CC4CCC3C4)c2n1. The molecule has 2 aromatic rings. The molecule has 112 valence electrons. The summed E-state index contributed by atoms with van der Waals surface area (Å²) in [4.78, 5) is 9.44. The van der Waals surface area contributed by atoms with E-state index in [9.17, 15) is 0 Å². The lowest BCUT2D eigenvalue weighted by Gasteiger charge is -2.30. The minimum absolute atomic E-state index is 0.452. The van der Waals surface area contributed by atoms with Gasteiger partial charge < -0.3 is 4.57 Å². The predicted molar refractivity (Wildman–Crippen MR) is 85.5 cm³/mol. The third-order valence-corrected chi connectivity index (χ3v) is 5.93. The van der Waals surface area contributed by atoms with Crippen molar-refractivity contribution in [3.05, 3.63) is 23.7 Å². The molecule has 2 aromatic heterocycles. The number of hydrogen-bond acceptors (Lipinski definition) is 2. The Balaban J connectivity index is 1.79. The molecule has 4 heteroatoms. The second-order valence-corrected chi connectivity index (χ2v) is 7.17. The minimum atomic E-state index is 0.452. The monoisotopic (exact) mass is 303 g/mol. The van der Waals surface area contributed by atoms with Gasteiger partial charge in [0, 0.05) is 11.7 Å². The Labute approximate surface area is 130 Å². The zero-order valence-corrected chi connectivity index (χ0v) is 13.5. The Hall–Kier alpha value is -1.09. The van der Waals surface area contributed by atoms with E-state index in [1.165, 1.54) is 25.7 Å². The number of halogens is 1. The second kappa shape index (κ2) is 4.98. The average Bonchev–Trinajstić information content (AvgIpc) is 3.18. The maximum absolute atomic E-state index is 6.16. The number of nitrogens with zero attached hydrogens (tertiary/aromatic N) is 3. The molecule has 0 amide bonds. The molecule has 2 heterocycles. The van der Waals surface area contributed by atoms with Gasteiger partial charge in [-0.15, -0.1) is 11.6 Å². The fourth-order valence-corrected chi connectivity index (χ4v) is 4.90. The normalized spacial score (nSPS) is 29.4. The number of rotatable bonds is 3. The predicted octanol–water partition coefficient (Wildman–Crippen LogP) is 4.48. The Bertz CT molecular complexity index is 678. The summed E-state index contributed by atoms with van der Waals surface area (Å²) in [6, 6.07) is 4.55. The van der Waals surface area contributed by atoms with Gasteiger partial charge >= 0.3 is 0 Å². The van der Waals surface area contributed by atoms with Gasteiger partial charge in [-0.3, -0.25) is 0 Å². The van der Waals surface area contributed by atoms with Crippen molar-refractivity contribution in [1.82, 2.24) is 14.5 Å². The molecule has 0 spiro atoms. The molecular weight excluding hydrogens is 282 g/mol. The molecule has 3 nitrogen and oxygen atoms in total. The molecule has 0 radical (unpaired) electrons. The molecule has 4 unspecified atom stereocenters. The summed E-state index contributed by atoms with van der Waals surface area (Å²) in [5.74, 6) is 4.06. The van der Waals surface area contributed by atoms with Crippen molar-refractivity contribution in [3.8, 4) is 0 Å². The molecule has 0 aliphatic heterocycles. The van der Waals surface area contributed by atoms with Gasteiger partial charge in [0.2, 0.25) is 0 Å². The van der Waals surface area contributed by atoms with Crippen molar-refractivity contribution in [2.24, 2.45) is 17.8 Å². The van der Waals surface area contributed by atoms with Crippen LogP contribution in [0.3, 0.4) is 0 Å². The standard InChI is InChI=1S/C17H22ClN3/c1-10-3-6-15-17(19-10)21(16(9-18)20-15)11(2)14-8-12-4-5-13(14)7-12/h3,6,11-14H,4-5,7-9H2,1-2H3. The summed E-state index contributed by atoms with van der Waals surface area (Å²) in [7, 11) is 0. The first kappa shape index (κ1) is 13.6. The van der Waals surface area contributed by atoms with E-state index < -0.39 is 0 Å². The summed E-state index contributed by atoms with van der Waals surface area (Å²) in [6.07, 6.45) is 5.66. The first-order valence-corrected chi connectivity index (χ1v) is 8.61. The highest BCUT2D eigenvalue weighted by molar-refractivity contribution is 6.16. The summed E-state index contributed by atoms with van der Waals surface area (Å²) < 4.78 is 2.32. The van der Waals surface area contributed by atoms with Crippen LogP contribution in [0.1, 0.15) is 50.2 Å². The molecular formula is C17H22ClN3. The van der Waals surface area contributed by atoms with E-state index >= 15 is 0 Å². The van der Waals surface area contributed by atoms with Gasteiger partial charge in [-0.1, -0.05) is 6.42 Å². The van der Waals surface area contributed by atoms with Crippen molar-refractivity contribution >= 4 is 22.8 Å². The largest absolute Gasteiger partial charge is 0.309 e. The maximum atomic E-state index is 6.16. The minimum Gasteiger partial charge on any atom is -0.309 e. The topological polar surface area (TPSA) is 30.7 Å². The Morgan fingerprint density at radius 3 is 2.81 bits per heavy atom. The molecule has 4 atom stereocenters. The van der Waals surface area contributed by atoms with Crippen molar-refractivity contribution in [3.63, 3.8) is 0 Å². The van der Waals surface area contributed by atoms with E-state index in [4.69, 9.17) is 21.6 Å². The number of fused-ring (bicyclic) bond motifs is 3. The average molecular weight is 304 g/mol. The van der Waals surface area contributed by atoms with Crippen molar-refractivity contribution in [2.45, 2.75) is 51.5 Å². The molecule has 2 bridgehead atoms. The van der Waals surface area contributed by atoms with Crippen LogP contribution in [0.5, 0.6) is 0 Å². The van der Waals surface area contributed by atoms with Crippen LogP contribution >= 0.6 is 11.6 Å². The molecule has 4 rings (SSSR count). The Kier molecular flexibility index (Phi) is 3.21. The van der Waals surface area contributed by atoms with Crippen LogP contribution in [-0.4, -0.2) is 14.5 Å². The van der Waals surface area contributed by atoms with Crippen LogP contribution in [0.2, 0.25) is 0 Å². The second-order valence-electron chi connectivity index (χ2n) is 6.91. The molecule has 0 N–H and O–H groups in total. The van der Waals surface area contributed by atoms with Gasteiger partial charge in [-0.05, 0) is 63.0 Å². The lowest BCUT2D eigenvalue weighted by Crippen LogP contribution is -2.23. The molecule has 0 saturated heterocycles. The quantitative estimate of drug-likeness (QED) is 0.783. The fourth-order valence-electron chi connectivity index (χ4n) is 4.71. The van der Waals surface area contributed by atoms with Crippen molar-refractivity contribution in [2.75, 3.05) is 0 Å². The van der Waals surface area contributed by atoms with Crippen LogP contribution in [0.15, 0.2) is 12.1 Å². The van der Waals surface area contributed by atoms with Gasteiger partial charge in [0.15, 0.2) is 5.65 Å². The van der Waals surface area contributed by atoms with Crippen LogP contribution in [0.25, 0.3) is 11.2 Å². The van der Waals surface area contributed by atoms with E-state index in [2.05, 4.69) is 17.6 Å². The Morgan fingerprint density at radius 1 is 1.29 bits per heavy atom. The van der Waals surface area contributed by atoms with E-state index in [1.54, 1.807) is 0 Å². The van der Waals surface area contributed by atoms with Gasteiger partial charge in [-0.25, -0.2) is 9.97 Å². The molecule has 2 fully saturated rings. The fraction of sp³-hybridized carbons (Fsp3) is 0.647. The number of imidazole rings is 1. The molecule has 2 aliphatic rings. The van der Waals surface area contributed by atoms with Crippen LogP contribution < -0.4 is 0 Å². The molecule has 0 aromatic carbocycles. The van der Waals surface area contributed by atoms with Gasteiger partial charge in [0.1, 0.15) is 11.3 Å². The Morgan fingerprint density at radius 2 is 2.14 bits per heavy atom. The summed E-state index contributed by atoms with van der Waals surface area (Å²) >= 11 is 6.16. The van der Waals surface area contributed by atoms with Crippen molar-refractivity contribution in [1.29, 1.82) is 0 Å². The molecule has 2 saturated carbocycles. The smallest absolute Gasteiger partial charge is 0.160 e. The van der Waals surface area contributed by atoms with Crippen LogP contribution in [0.4, 0.5) is 0 Å². The lowest BCUT2D eigenvalue weighted by atomic mass is 9.84. The zero-order chi connectivity index (χ0) is 14.6. The van der Waals surface area contributed by atoms with E-state index in [0.29, 0.717) is 11.9 Å². The highest BCUT2D eigenvalue weighted by Gasteiger charge is 2.42. The van der Waals surface area contributed by atoms with E-state index in [-0.39, 0.29) is 0 Å². The summed E-state index contributed by atoms with van der Waals surface area (Å²) in [6.45, 7) is 4.38. The highest BCUT2D eigenvalue weighted by Crippen LogP contribution is 2.52. The van der Waals surface area contributed by atoms with Crippen LogP contribution in [-0.2, 0) is 5.88 Å². The number of alkyl halides is 1. The number of aromatic nitrogens is 3. The highest BCUT2D eigenvalue weighted by atomic mass is 35.5. The molecule has 21 heavy (non-hydrogen) atoms. The third kappa shape index (κ3) is 2.09. The van der Waals surface area contributed by atoms with Crippen molar-refractivity contribution < 1.29 is 0 Å². The van der Waals surface area contributed by atoms with E-state index in [0.717, 1.165) is 40.4 Å². The van der Waals surface area contributed by atoms with Gasteiger partial charge in [0.25, 0.3) is 0 Å². The van der Waals surface area contributed by atoms with E-state index in [1.807, 2.05) is 13.0 Å². The van der Waals surface area contributed by atoms with Gasteiger partial charge in [0.05, 0.1) is 5.88 Å². The third-order valence-electron chi connectivity index (χ3n) is 5.69. The number of aryl methyl sites for hydroxylation is 1. The zero-order valence-electron chi connectivity index (χ0n) is 12.7. The number of hydrogen-bond donors (Lipinski definition) is 0. The summed E-state index contributed by atoms with van der Waals surface area (Å²) in [5, 5.41) is 0. The molecule has 2 aliphatic carbocycles. The van der Waals surface area contributed by atoms with Crippen LogP contribution in [0, 0.1) is 24.7 Å². The lowest BCUT2D eigenvalue weighted by molar-refractivity contribution is 0.243. The number of pyridine rings is 1. The summed E-state index contributed by atoms with van der Waals surface area (Å²) in [5.41, 5.74) is 3.04.